The van der Waals surface area contributed by atoms with Gasteiger partial charge in [0.1, 0.15) is 5.75 Å². The van der Waals surface area contributed by atoms with Crippen molar-refractivity contribution in [1.29, 1.82) is 0 Å². The Hall–Kier alpha value is -0.880. The summed E-state index contributed by atoms with van der Waals surface area (Å²) in [6.45, 7) is 0.716. The lowest BCUT2D eigenvalue weighted by molar-refractivity contribution is -0.118. The van der Waals surface area contributed by atoms with Crippen molar-refractivity contribution in [1.82, 2.24) is 5.32 Å². The van der Waals surface area contributed by atoms with Gasteiger partial charge in [-0.1, -0.05) is 12.2 Å². The van der Waals surface area contributed by atoms with E-state index in [-0.39, 0.29) is 0 Å². The van der Waals surface area contributed by atoms with Gasteiger partial charge in [-0.2, -0.15) is 0 Å². The van der Waals surface area contributed by atoms with Crippen molar-refractivity contribution in [2.24, 2.45) is 5.73 Å². The Labute approximate surface area is 77.9 Å². The summed E-state index contributed by atoms with van der Waals surface area (Å²) in [6, 6.07) is 0. The highest BCUT2D eigenvalue weighted by Crippen LogP contribution is 1.81. The fourth-order valence-corrected chi connectivity index (χ4v) is 1.22. The second kappa shape index (κ2) is 5.71. The molecule has 13 heavy (non-hydrogen) atoms. The smallest absolute Gasteiger partial charge is 0.235 e. The van der Waals surface area contributed by atoms with Gasteiger partial charge in [0.05, 0.1) is 0 Å². The molecule has 76 valence electrons. The normalized spacial score (nSPS) is 11.8. The summed E-state index contributed by atoms with van der Waals surface area (Å²) in [5.41, 5.74) is 5.15. The van der Waals surface area contributed by atoms with Crippen LogP contribution in [0.5, 0.6) is 0 Å². The summed E-state index contributed by atoms with van der Waals surface area (Å²) in [5.74, 6) is -0.965. The Bertz CT molecular complexity index is 282. The van der Waals surface area contributed by atoms with Crippen molar-refractivity contribution in [3.05, 3.63) is 12.2 Å². The van der Waals surface area contributed by atoms with Crippen LogP contribution in [0.3, 0.4) is 0 Å². The molecule has 0 aromatic heterocycles. The molecule has 0 saturated carbocycles. The fourth-order valence-electron chi connectivity index (χ4n) is 0.641. The van der Waals surface area contributed by atoms with E-state index in [0.29, 0.717) is 13.1 Å². The minimum atomic E-state index is -3.23. The quantitative estimate of drug-likeness (QED) is 0.545. The maximum Gasteiger partial charge on any atom is 0.235 e. The molecule has 0 atom stereocenters. The zero-order valence-corrected chi connectivity index (χ0v) is 8.30. The summed E-state index contributed by atoms with van der Waals surface area (Å²) in [4.78, 5) is 10.9. The van der Waals surface area contributed by atoms with E-state index in [9.17, 15) is 13.2 Å². The molecule has 5 nitrogen and oxygen atoms in total. The van der Waals surface area contributed by atoms with Gasteiger partial charge >= 0.3 is 0 Å². The standard InChI is InChI=1S/C7H14N2O3S/c1-13(11,12)6-7(10)9-5-3-2-4-8/h2-3H,4-6,8H2,1H3,(H,9,10)/b3-2+. The molecule has 6 heteroatoms. The third kappa shape index (κ3) is 9.03. The van der Waals surface area contributed by atoms with Crippen LogP contribution in [0, 0.1) is 0 Å². The van der Waals surface area contributed by atoms with Crippen LogP contribution in [0.1, 0.15) is 0 Å². The van der Waals surface area contributed by atoms with Crippen LogP contribution in [-0.2, 0) is 14.6 Å². The first-order chi connectivity index (χ1) is 5.95. The predicted molar refractivity (Wildman–Crippen MR) is 50.9 cm³/mol. The molecule has 0 fully saturated rings. The first kappa shape index (κ1) is 12.1. The molecule has 0 rings (SSSR count). The lowest BCUT2D eigenvalue weighted by Crippen LogP contribution is -2.29. The zero-order chi connectivity index (χ0) is 10.3. The van der Waals surface area contributed by atoms with Crippen LogP contribution in [0.2, 0.25) is 0 Å². The number of hydrogen-bond acceptors (Lipinski definition) is 4. The van der Waals surface area contributed by atoms with Gasteiger partial charge in [-0.15, -0.1) is 0 Å². The van der Waals surface area contributed by atoms with Crippen LogP contribution in [0.4, 0.5) is 0 Å². The summed E-state index contributed by atoms with van der Waals surface area (Å²) < 4.78 is 21.3. The number of carbonyl (C=O) groups is 1. The van der Waals surface area contributed by atoms with Gasteiger partial charge in [0.25, 0.3) is 0 Å². The molecule has 0 aliphatic rings. The number of hydrogen-bond donors (Lipinski definition) is 2. The van der Waals surface area contributed by atoms with Gasteiger partial charge in [0.15, 0.2) is 9.84 Å². The topological polar surface area (TPSA) is 89.3 Å². The second-order valence-corrected chi connectivity index (χ2v) is 4.72. The average Bonchev–Trinajstić information content (AvgIpc) is 1.94. The molecule has 0 aliphatic heterocycles. The van der Waals surface area contributed by atoms with Crippen molar-refractivity contribution < 1.29 is 13.2 Å². The number of sulfone groups is 1. The third-order valence-electron chi connectivity index (χ3n) is 1.11. The van der Waals surface area contributed by atoms with Gasteiger partial charge in [-0.3, -0.25) is 4.79 Å². The van der Waals surface area contributed by atoms with Crippen molar-refractivity contribution in [3.8, 4) is 0 Å². The summed E-state index contributed by atoms with van der Waals surface area (Å²) in [5, 5.41) is 2.41. The SMILES string of the molecule is CS(=O)(=O)CC(=O)NC/C=C/CN. The first-order valence-electron chi connectivity index (χ1n) is 3.75. The van der Waals surface area contributed by atoms with Gasteiger partial charge in [0.2, 0.25) is 5.91 Å². The van der Waals surface area contributed by atoms with Crippen molar-refractivity contribution in [3.63, 3.8) is 0 Å². The molecule has 1 amide bonds. The van der Waals surface area contributed by atoms with Gasteiger partial charge in [-0.25, -0.2) is 8.42 Å². The molecule has 0 aromatic carbocycles. The van der Waals surface area contributed by atoms with E-state index in [4.69, 9.17) is 5.73 Å². The van der Waals surface area contributed by atoms with E-state index in [1.807, 2.05) is 0 Å². The van der Waals surface area contributed by atoms with Crippen molar-refractivity contribution >= 4 is 15.7 Å². The highest BCUT2D eigenvalue weighted by Gasteiger charge is 2.08. The molecule has 0 aliphatic carbocycles. The Balaban J connectivity index is 3.71. The molecule has 0 bridgehead atoms. The molecular weight excluding hydrogens is 192 g/mol. The molecule has 0 spiro atoms. The van der Waals surface area contributed by atoms with E-state index in [1.165, 1.54) is 0 Å². The molecule has 0 radical (unpaired) electrons. The maximum atomic E-state index is 10.9. The summed E-state index contributed by atoms with van der Waals surface area (Å²) in [7, 11) is -3.23. The monoisotopic (exact) mass is 206 g/mol. The largest absolute Gasteiger partial charge is 0.352 e. The third-order valence-corrected chi connectivity index (χ3v) is 1.90. The van der Waals surface area contributed by atoms with E-state index in [0.717, 1.165) is 6.26 Å². The van der Waals surface area contributed by atoms with Gasteiger partial charge < -0.3 is 11.1 Å². The van der Waals surface area contributed by atoms with Gasteiger partial charge in [-0.05, 0) is 0 Å². The number of nitrogens with two attached hydrogens (primary N) is 1. The molecule has 0 saturated heterocycles. The first-order valence-corrected chi connectivity index (χ1v) is 5.81. The van der Waals surface area contributed by atoms with Crippen LogP contribution in [0.15, 0.2) is 12.2 Å². The van der Waals surface area contributed by atoms with E-state index >= 15 is 0 Å². The predicted octanol–water partition coefficient (Wildman–Crippen LogP) is -1.34. The van der Waals surface area contributed by atoms with Crippen molar-refractivity contribution in [2.45, 2.75) is 0 Å². The summed E-state index contributed by atoms with van der Waals surface area (Å²) >= 11 is 0. The fraction of sp³-hybridized carbons (Fsp3) is 0.571. The van der Waals surface area contributed by atoms with Crippen LogP contribution in [0.25, 0.3) is 0 Å². The highest BCUT2D eigenvalue weighted by atomic mass is 32.2. The average molecular weight is 206 g/mol. The number of nitrogens with one attached hydrogen (secondary N) is 1. The lowest BCUT2D eigenvalue weighted by Gasteiger charge is -1.99. The molecule has 3 N–H and O–H groups in total. The van der Waals surface area contributed by atoms with E-state index in [1.54, 1.807) is 12.2 Å². The van der Waals surface area contributed by atoms with Crippen molar-refractivity contribution in [2.75, 3.05) is 25.1 Å². The van der Waals surface area contributed by atoms with Crippen LogP contribution < -0.4 is 11.1 Å². The van der Waals surface area contributed by atoms with E-state index < -0.39 is 21.5 Å². The Kier molecular flexibility index (Phi) is 5.33. The maximum absolute atomic E-state index is 10.9. The van der Waals surface area contributed by atoms with Crippen LogP contribution in [-0.4, -0.2) is 39.4 Å². The molecule has 0 aromatic rings. The zero-order valence-electron chi connectivity index (χ0n) is 7.49. The number of amides is 1. The Morgan fingerprint density at radius 2 is 2.08 bits per heavy atom. The second-order valence-electron chi connectivity index (χ2n) is 2.58. The van der Waals surface area contributed by atoms with E-state index in [2.05, 4.69) is 5.32 Å². The molecule has 0 heterocycles. The summed E-state index contributed by atoms with van der Waals surface area (Å²) in [6.07, 6.45) is 4.36. The number of carbonyl (C=O) groups excluding carboxylic acids is 1. The Morgan fingerprint density at radius 1 is 1.46 bits per heavy atom. The van der Waals surface area contributed by atoms with Crippen LogP contribution >= 0.6 is 0 Å². The number of rotatable bonds is 5. The molecule has 0 unspecified atom stereocenters. The minimum Gasteiger partial charge on any atom is -0.352 e. The minimum absolute atomic E-state index is 0.311. The molecular formula is C7H14N2O3S. The highest BCUT2D eigenvalue weighted by molar-refractivity contribution is 7.91. The van der Waals surface area contributed by atoms with Gasteiger partial charge in [0, 0.05) is 19.3 Å². The Morgan fingerprint density at radius 3 is 2.54 bits per heavy atom. The lowest BCUT2D eigenvalue weighted by atomic mass is 10.5.